The number of aromatic amines is 1. The summed E-state index contributed by atoms with van der Waals surface area (Å²) >= 11 is 0. The number of halogens is 1. The fourth-order valence-electron chi connectivity index (χ4n) is 6.70. The molecule has 3 aliphatic heterocycles. The van der Waals surface area contributed by atoms with Crippen LogP contribution in [0, 0.1) is 17.7 Å². The van der Waals surface area contributed by atoms with E-state index in [-0.39, 0.29) is 17.9 Å². The summed E-state index contributed by atoms with van der Waals surface area (Å²) in [6, 6.07) is 17.1. The van der Waals surface area contributed by atoms with Crippen molar-refractivity contribution in [1.29, 1.82) is 0 Å². The maximum atomic E-state index is 14.5. The number of nitrogens with zero attached hydrogens (tertiary/aromatic N) is 1. The highest BCUT2D eigenvalue weighted by Gasteiger charge is 2.70. The Hall–Kier alpha value is -4.83. The predicted octanol–water partition coefficient (Wildman–Crippen LogP) is 3.65. The predicted molar refractivity (Wildman–Crippen MR) is 148 cm³/mol. The van der Waals surface area contributed by atoms with E-state index < -0.39 is 52.9 Å². The third-order valence-corrected chi connectivity index (χ3v) is 8.43. The van der Waals surface area contributed by atoms with Gasteiger partial charge in [-0.15, -0.1) is 0 Å². The van der Waals surface area contributed by atoms with Crippen molar-refractivity contribution >= 4 is 46.0 Å². The van der Waals surface area contributed by atoms with Crippen LogP contribution in [0.4, 0.5) is 15.8 Å². The molecule has 2 fully saturated rings. The van der Waals surface area contributed by atoms with Gasteiger partial charge in [0.1, 0.15) is 11.4 Å². The molecular formula is C31H25FN4O5. The number of anilines is 2. The van der Waals surface area contributed by atoms with E-state index >= 15 is 0 Å². The molecule has 0 radical (unpaired) electrons. The first kappa shape index (κ1) is 25.2. The molecule has 4 heterocycles. The van der Waals surface area contributed by atoms with Crippen LogP contribution >= 0.6 is 0 Å². The minimum Gasteiger partial charge on any atom is -0.462 e. The Bertz CT molecular complexity index is 1770. The van der Waals surface area contributed by atoms with E-state index in [4.69, 9.17) is 4.74 Å². The van der Waals surface area contributed by atoms with Crippen molar-refractivity contribution in [3.05, 3.63) is 95.4 Å². The standard InChI is InChI=1S/C31H25FN4O5/c1-2-41-29(39)16-7-10-19(11-8-16)36-27(37)25-24(13-17-15-33-22-6-4-3-5-20(17)22)35-31(26(25)28(36)38)21-14-18(32)9-12-23(21)34-30(31)40/h3-12,14-15,24-26,33,35H,2,13H2,1H3,(H,34,40)/t24?,25-,26+,31?/m1/s1. The molecule has 3 aromatic carbocycles. The Morgan fingerprint density at radius 1 is 1.02 bits per heavy atom. The second kappa shape index (κ2) is 9.10. The van der Waals surface area contributed by atoms with E-state index in [1.54, 1.807) is 6.92 Å². The van der Waals surface area contributed by atoms with Crippen molar-refractivity contribution in [3.63, 3.8) is 0 Å². The molecule has 9 nitrogen and oxygen atoms in total. The van der Waals surface area contributed by atoms with E-state index in [0.717, 1.165) is 21.4 Å². The second-order valence-electron chi connectivity index (χ2n) is 10.5. The molecule has 206 valence electrons. The van der Waals surface area contributed by atoms with Crippen LogP contribution in [-0.4, -0.2) is 41.3 Å². The van der Waals surface area contributed by atoms with Crippen molar-refractivity contribution in [3.8, 4) is 0 Å². The van der Waals surface area contributed by atoms with Crippen molar-refractivity contribution < 1.29 is 28.3 Å². The fraction of sp³-hybridized carbons (Fsp3) is 0.226. The van der Waals surface area contributed by atoms with Crippen LogP contribution in [0.2, 0.25) is 0 Å². The van der Waals surface area contributed by atoms with Gasteiger partial charge in [0.05, 0.1) is 29.7 Å². The van der Waals surface area contributed by atoms with Crippen LogP contribution in [-0.2, 0) is 31.1 Å². The molecule has 4 aromatic rings. The molecule has 2 unspecified atom stereocenters. The normalized spacial score (nSPS) is 24.7. The smallest absolute Gasteiger partial charge is 0.338 e. The van der Waals surface area contributed by atoms with Crippen molar-refractivity contribution in [2.24, 2.45) is 11.8 Å². The number of hydrogen-bond donors (Lipinski definition) is 3. The highest BCUT2D eigenvalue weighted by atomic mass is 19.1. The average molecular weight is 553 g/mol. The van der Waals surface area contributed by atoms with E-state index in [1.165, 1.54) is 42.5 Å². The molecule has 1 spiro atoms. The van der Waals surface area contributed by atoms with Crippen LogP contribution in [0.15, 0.2) is 72.9 Å². The minimum atomic E-state index is -1.63. The number of hydrogen-bond acceptors (Lipinski definition) is 6. The fourth-order valence-corrected chi connectivity index (χ4v) is 6.70. The number of esters is 1. The number of carbonyl (C=O) groups excluding carboxylic acids is 4. The number of carbonyl (C=O) groups is 4. The Morgan fingerprint density at radius 2 is 1.80 bits per heavy atom. The van der Waals surface area contributed by atoms with Crippen LogP contribution in [0.1, 0.15) is 28.4 Å². The highest BCUT2D eigenvalue weighted by Crippen LogP contribution is 2.54. The zero-order valence-corrected chi connectivity index (χ0v) is 21.9. The van der Waals surface area contributed by atoms with Crippen LogP contribution < -0.4 is 15.5 Å². The summed E-state index contributed by atoms with van der Waals surface area (Å²) in [7, 11) is 0. The van der Waals surface area contributed by atoms with Gasteiger partial charge in [0.15, 0.2) is 0 Å². The lowest BCUT2D eigenvalue weighted by molar-refractivity contribution is -0.130. The molecule has 3 N–H and O–H groups in total. The van der Waals surface area contributed by atoms with E-state index in [0.29, 0.717) is 17.7 Å². The Morgan fingerprint density at radius 3 is 2.59 bits per heavy atom. The van der Waals surface area contributed by atoms with Crippen LogP contribution in [0.5, 0.6) is 0 Å². The number of amides is 3. The molecule has 3 aliphatic rings. The molecule has 2 saturated heterocycles. The zero-order chi connectivity index (χ0) is 28.5. The lowest BCUT2D eigenvalue weighted by Gasteiger charge is -2.29. The number of benzene rings is 3. The lowest BCUT2D eigenvalue weighted by Crippen LogP contribution is -2.53. The Balaban J connectivity index is 1.33. The number of H-pyrrole nitrogens is 1. The van der Waals surface area contributed by atoms with E-state index in [9.17, 15) is 23.6 Å². The van der Waals surface area contributed by atoms with E-state index in [2.05, 4.69) is 15.6 Å². The lowest BCUT2D eigenvalue weighted by atomic mass is 9.76. The summed E-state index contributed by atoms with van der Waals surface area (Å²) in [6.07, 6.45) is 2.21. The Kier molecular flexibility index (Phi) is 5.58. The number of ether oxygens (including phenoxy) is 1. The van der Waals surface area contributed by atoms with Crippen LogP contribution in [0.3, 0.4) is 0 Å². The summed E-state index contributed by atoms with van der Waals surface area (Å²) in [5.74, 6) is -4.62. The monoisotopic (exact) mass is 552 g/mol. The van der Waals surface area contributed by atoms with Crippen molar-refractivity contribution in [2.45, 2.75) is 24.9 Å². The first-order valence-corrected chi connectivity index (χ1v) is 13.4. The Labute approximate surface area is 233 Å². The first-order valence-electron chi connectivity index (χ1n) is 13.4. The number of fused-ring (bicyclic) bond motifs is 5. The van der Waals surface area contributed by atoms with Gasteiger partial charge in [0.2, 0.25) is 17.7 Å². The van der Waals surface area contributed by atoms with Gasteiger partial charge in [0.25, 0.3) is 0 Å². The maximum absolute atomic E-state index is 14.5. The molecular weight excluding hydrogens is 527 g/mol. The van der Waals surface area contributed by atoms with Crippen molar-refractivity contribution in [1.82, 2.24) is 10.3 Å². The summed E-state index contributed by atoms with van der Waals surface area (Å²) in [5, 5.41) is 7.12. The van der Waals surface area contributed by atoms with Gasteiger partial charge >= 0.3 is 5.97 Å². The number of para-hydroxylation sites is 1. The second-order valence-corrected chi connectivity index (χ2v) is 10.5. The van der Waals surface area contributed by atoms with E-state index in [1.807, 2.05) is 30.5 Å². The average Bonchev–Trinajstić information content (AvgIpc) is 3.68. The molecule has 0 saturated carbocycles. The summed E-state index contributed by atoms with van der Waals surface area (Å²) < 4.78 is 19.6. The van der Waals surface area contributed by atoms with Gasteiger partial charge in [-0.25, -0.2) is 14.1 Å². The first-order chi connectivity index (χ1) is 19.8. The summed E-state index contributed by atoms with van der Waals surface area (Å²) in [6.45, 7) is 1.91. The summed E-state index contributed by atoms with van der Waals surface area (Å²) in [5.41, 5.74) is 1.48. The van der Waals surface area contributed by atoms with Gasteiger partial charge in [-0.1, -0.05) is 18.2 Å². The van der Waals surface area contributed by atoms with Crippen LogP contribution in [0.25, 0.3) is 10.9 Å². The maximum Gasteiger partial charge on any atom is 0.338 e. The topological polar surface area (TPSA) is 121 Å². The largest absolute Gasteiger partial charge is 0.462 e. The number of rotatable bonds is 5. The molecule has 3 amide bonds. The highest BCUT2D eigenvalue weighted by molar-refractivity contribution is 6.26. The van der Waals surface area contributed by atoms with Gasteiger partial charge in [-0.3, -0.25) is 19.7 Å². The summed E-state index contributed by atoms with van der Waals surface area (Å²) in [4.78, 5) is 58.5. The number of aromatic nitrogens is 1. The molecule has 0 aliphatic carbocycles. The molecule has 7 rings (SSSR count). The molecule has 0 bridgehead atoms. The van der Waals surface area contributed by atoms with Gasteiger partial charge < -0.3 is 15.0 Å². The zero-order valence-electron chi connectivity index (χ0n) is 21.9. The molecule has 1 aromatic heterocycles. The molecule has 41 heavy (non-hydrogen) atoms. The molecule has 10 heteroatoms. The minimum absolute atomic E-state index is 0.212. The SMILES string of the molecule is CCOC(=O)c1ccc(N2C(=O)[C@@H]3C(Cc4c[nH]c5ccccc45)NC4(C(=O)Nc5ccc(F)cc54)[C@@H]3C2=O)cc1. The van der Waals surface area contributed by atoms with Gasteiger partial charge in [-0.05, 0) is 67.4 Å². The quantitative estimate of drug-likeness (QED) is 0.257. The van der Waals surface area contributed by atoms with Gasteiger partial charge in [-0.2, -0.15) is 0 Å². The third kappa shape index (κ3) is 3.57. The van der Waals surface area contributed by atoms with Gasteiger partial charge in [0, 0.05) is 34.4 Å². The van der Waals surface area contributed by atoms with Crippen molar-refractivity contribution in [2.75, 3.05) is 16.8 Å². The number of nitrogens with one attached hydrogen (secondary N) is 3. The molecule has 4 atom stereocenters. The third-order valence-electron chi connectivity index (χ3n) is 8.43. The number of imide groups is 1.